The molecule has 1 aromatic carbocycles. The Morgan fingerprint density at radius 2 is 2.18 bits per heavy atom. The normalized spacial score (nSPS) is 24.2. The van der Waals surface area contributed by atoms with Gasteiger partial charge in [0, 0.05) is 12.1 Å². The third kappa shape index (κ3) is 3.37. The van der Waals surface area contributed by atoms with Gasteiger partial charge in [-0.25, -0.2) is 4.79 Å². The van der Waals surface area contributed by atoms with Gasteiger partial charge in [-0.3, -0.25) is 24.6 Å². The summed E-state index contributed by atoms with van der Waals surface area (Å²) in [7, 11) is 1.36. The number of nitro groups is 1. The number of benzene rings is 1. The van der Waals surface area contributed by atoms with Crippen molar-refractivity contribution in [2.24, 2.45) is 5.92 Å². The van der Waals surface area contributed by atoms with Crippen LogP contribution >= 0.6 is 0 Å². The average molecular weight is 390 g/mol. The smallest absolute Gasteiger partial charge is 0.325 e. The summed E-state index contributed by atoms with van der Waals surface area (Å²) in [5.41, 5.74) is -1.07. The molecule has 4 amide bonds. The fraction of sp³-hybridized carbons (Fsp3) is 0.500. The minimum Gasteiger partial charge on any atom is -0.495 e. The summed E-state index contributed by atoms with van der Waals surface area (Å²) in [6, 6.07) is 3.17. The summed E-state index contributed by atoms with van der Waals surface area (Å²) >= 11 is 0. The van der Waals surface area contributed by atoms with Gasteiger partial charge >= 0.3 is 6.03 Å². The van der Waals surface area contributed by atoms with Crippen LogP contribution in [0, 0.1) is 16.0 Å². The zero-order valence-electron chi connectivity index (χ0n) is 15.7. The molecular weight excluding hydrogens is 368 g/mol. The largest absolute Gasteiger partial charge is 0.495 e. The van der Waals surface area contributed by atoms with Gasteiger partial charge in [0.25, 0.3) is 11.6 Å². The zero-order valence-corrected chi connectivity index (χ0v) is 15.7. The van der Waals surface area contributed by atoms with Crippen LogP contribution in [-0.2, 0) is 9.59 Å². The molecule has 1 aliphatic heterocycles. The van der Waals surface area contributed by atoms with Crippen molar-refractivity contribution in [3.8, 4) is 5.75 Å². The Kier molecular flexibility index (Phi) is 5.21. The Morgan fingerprint density at radius 1 is 1.43 bits per heavy atom. The number of non-ortho nitro benzene ring substituents is 1. The lowest BCUT2D eigenvalue weighted by Gasteiger charge is -2.36. The second-order valence-electron chi connectivity index (χ2n) is 7.13. The van der Waals surface area contributed by atoms with Crippen molar-refractivity contribution in [2.75, 3.05) is 19.0 Å². The summed E-state index contributed by atoms with van der Waals surface area (Å²) in [6.45, 7) is 1.44. The van der Waals surface area contributed by atoms with Crippen molar-refractivity contribution < 1.29 is 24.0 Å². The minimum absolute atomic E-state index is 0.0115. The maximum Gasteiger partial charge on any atom is 0.325 e. The first-order valence-corrected chi connectivity index (χ1v) is 9.05. The first-order valence-electron chi connectivity index (χ1n) is 9.05. The molecule has 10 nitrogen and oxygen atoms in total. The number of ether oxygens (including phenoxy) is 1. The predicted molar refractivity (Wildman–Crippen MR) is 98.9 cm³/mol. The van der Waals surface area contributed by atoms with E-state index in [2.05, 4.69) is 10.6 Å². The van der Waals surface area contributed by atoms with E-state index in [-0.39, 0.29) is 23.0 Å². The lowest BCUT2D eigenvalue weighted by Crippen LogP contribution is -2.54. The van der Waals surface area contributed by atoms with Crippen molar-refractivity contribution in [1.82, 2.24) is 10.2 Å². The van der Waals surface area contributed by atoms with E-state index in [0.29, 0.717) is 6.42 Å². The third-order valence-corrected chi connectivity index (χ3v) is 5.47. The number of methoxy groups -OCH3 is 1. The molecule has 28 heavy (non-hydrogen) atoms. The SMILES string of the molecule is COc1ccc([N+](=O)[O-])cc1NC(=O)CN1C(=O)N[C@]2(CCCC[C@@H]2C)C1=O. The summed E-state index contributed by atoms with van der Waals surface area (Å²) in [5.74, 6) is -0.829. The number of rotatable bonds is 5. The molecule has 0 aromatic heterocycles. The van der Waals surface area contributed by atoms with Crippen molar-refractivity contribution in [3.63, 3.8) is 0 Å². The van der Waals surface area contributed by atoms with E-state index in [0.717, 1.165) is 30.2 Å². The number of nitro benzene ring substituents is 1. The Bertz CT molecular complexity index is 841. The number of amides is 4. The number of carbonyl (C=O) groups excluding carboxylic acids is 3. The highest BCUT2D eigenvalue weighted by Gasteiger charge is 2.55. The summed E-state index contributed by atoms with van der Waals surface area (Å²) < 4.78 is 5.10. The molecule has 1 saturated carbocycles. The number of nitrogens with zero attached hydrogens (tertiary/aromatic N) is 2. The molecule has 2 atom stereocenters. The molecule has 1 saturated heterocycles. The van der Waals surface area contributed by atoms with Gasteiger partial charge in [-0.15, -0.1) is 0 Å². The van der Waals surface area contributed by atoms with Crippen LogP contribution in [-0.4, -0.2) is 46.9 Å². The first kappa shape index (κ1) is 19.6. The van der Waals surface area contributed by atoms with Crippen LogP contribution in [0.1, 0.15) is 32.6 Å². The third-order valence-electron chi connectivity index (χ3n) is 5.47. The van der Waals surface area contributed by atoms with Crippen molar-refractivity contribution in [3.05, 3.63) is 28.3 Å². The Labute approximate surface area is 161 Å². The van der Waals surface area contributed by atoms with E-state index in [9.17, 15) is 24.5 Å². The van der Waals surface area contributed by atoms with Crippen LogP contribution in [0.25, 0.3) is 0 Å². The summed E-state index contributed by atoms with van der Waals surface area (Å²) in [4.78, 5) is 49.0. The van der Waals surface area contributed by atoms with Crippen molar-refractivity contribution in [1.29, 1.82) is 0 Å². The molecule has 10 heteroatoms. The van der Waals surface area contributed by atoms with Gasteiger partial charge in [0.2, 0.25) is 5.91 Å². The quantitative estimate of drug-likeness (QED) is 0.449. The molecule has 0 radical (unpaired) electrons. The lowest BCUT2D eigenvalue weighted by atomic mass is 9.73. The highest BCUT2D eigenvalue weighted by atomic mass is 16.6. The fourth-order valence-electron chi connectivity index (χ4n) is 3.88. The van der Waals surface area contributed by atoms with Crippen molar-refractivity contribution in [2.45, 2.75) is 38.1 Å². The minimum atomic E-state index is -0.946. The molecule has 0 bridgehead atoms. The Morgan fingerprint density at radius 3 is 2.82 bits per heavy atom. The van der Waals surface area contributed by atoms with Crippen LogP contribution in [0.15, 0.2) is 18.2 Å². The zero-order chi connectivity index (χ0) is 20.5. The number of hydrogen-bond acceptors (Lipinski definition) is 6. The fourth-order valence-corrected chi connectivity index (χ4v) is 3.88. The molecule has 2 fully saturated rings. The topological polar surface area (TPSA) is 131 Å². The van der Waals surface area contributed by atoms with Gasteiger partial charge in [0.05, 0.1) is 17.7 Å². The van der Waals surface area contributed by atoms with E-state index >= 15 is 0 Å². The van der Waals surface area contributed by atoms with Gasteiger partial charge < -0.3 is 15.4 Å². The van der Waals surface area contributed by atoms with E-state index in [4.69, 9.17) is 4.74 Å². The van der Waals surface area contributed by atoms with Crippen LogP contribution in [0.2, 0.25) is 0 Å². The highest BCUT2D eigenvalue weighted by molar-refractivity contribution is 6.10. The van der Waals surface area contributed by atoms with Gasteiger partial charge in [-0.2, -0.15) is 0 Å². The maximum atomic E-state index is 12.9. The monoisotopic (exact) mass is 390 g/mol. The number of nitrogens with one attached hydrogen (secondary N) is 2. The second-order valence-corrected chi connectivity index (χ2v) is 7.13. The molecule has 150 valence electrons. The van der Waals surface area contributed by atoms with Crippen LogP contribution in [0.4, 0.5) is 16.2 Å². The average Bonchev–Trinajstić information content (AvgIpc) is 2.89. The van der Waals surface area contributed by atoms with Gasteiger partial charge in [-0.05, 0) is 24.8 Å². The first-order chi connectivity index (χ1) is 13.3. The Balaban J connectivity index is 1.75. The van der Waals surface area contributed by atoms with Crippen LogP contribution in [0.3, 0.4) is 0 Å². The standard InChI is InChI=1S/C18H22N4O6/c1-11-5-3-4-8-18(11)16(24)21(17(25)20-18)10-15(23)19-13-9-12(22(26)27)6-7-14(13)28-2/h6-7,9,11H,3-5,8,10H2,1-2H3,(H,19,23)(H,20,25)/t11-,18-/m0/s1. The number of imide groups is 1. The second kappa shape index (κ2) is 7.45. The molecule has 1 aromatic rings. The molecule has 1 heterocycles. The van der Waals surface area contributed by atoms with E-state index in [1.54, 1.807) is 0 Å². The molecule has 2 aliphatic rings. The predicted octanol–water partition coefficient (Wildman–Crippen LogP) is 2.04. The van der Waals surface area contributed by atoms with Gasteiger partial charge in [0.1, 0.15) is 17.8 Å². The Hall–Kier alpha value is -3.17. The van der Waals surface area contributed by atoms with Crippen molar-refractivity contribution >= 4 is 29.2 Å². The van der Waals surface area contributed by atoms with E-state index < -0.39 is 34.9 Å². The number of urea groups is 1. The van der Waals surface area contributed by atoms with Crippen LogP contribution < -0.4 is 15.4 Å². The molecule has 1 aliphatic carbocycles. The van der Waals surface area contributed by atoms with Gasteiger partial charge in [0.15, 0.2) is 0 Å². The molecule has 2 N–H and O–H groups in total. The highest BCUT2D eigenvalue weighted by Crippen LogP contribution is 2.38. The molecule has 3 rings (SSSR count). The molecule has 0 unspecified atom stereocenters. The number of anilines is 1. The molecular formula is C18H22N4O6. The summed E-state index contributed by atoms with van der Waals surface area (Å²) in [5, 5.41) is 16.2. The van der Waals surface area contributed by atoms with Crippen LogP contribution in [0.5, 0.6) is 5.75 Å². The number of carbonyl (C=O) groups is 3. The number of hydrogen-bond donors (Lipinski definition) is 2. The maximum absolute atomic E-state index is 12.9. The molecule has 1 spiro atoms. The van der Waals surface area contributed by atoms with Gasteiger partial charge in [-0.1, -0.05) is 19.8 Å². The van der Waals surface area contributed by atoms with E-state index in [1.165, 1.54) is 19.2 Å². The van der Waals surface area contributed by atoms with E-state index in [1.807, 2.05) is 6.92 Å². The summed E-state index contributed by atoms with van der Waals surface area (Å²) in [6.07, 6.45) is 3.22. The lowest BCUT2D eigenvalue weighted by molar-refractivity contribution is -0.384.